The number of carbonyl (C=O) groups is 3. The fourth-order valence-electron chi connectivity index (χ4n) is 7.85. The first kappa shape index (κ1) is 59.9. The molecule has 0 amide bonds. The molecule has 0 spiro atoms. The highest BCUT2D eigenvalue weighted by Crippen LogP contribution is 2.24. The molecular formula is C58H48ClF6N3O12. The van der Waals surface area contributed by atoms with E-state index in [-0.39, 0.29) is 54.0 Å². The molecule has 416 valence electrons. The number of nitrogens with one attached hydrogen (secondary N) is 1. The number of rotatable bonds is 13. The summed E-state index contributed by atoms with van der Waals surface area (Å²) >= 11 is 5.58. The molecule has 9 rings (SSSR count). The maximum Gasteiger partial charge on any atom is 0.343 e. The normalized spacial score (nSPS) is 10.6. The Labute approximate surface area is 455 Å². The summed E-state index contributed by atoms with van der Waals surface area (Å²) in [6, 6.07) is 26.7. The Bertz CT molecular complexity index is 3890. The van der Waals surface area contributed by atoms with Gasteiger partial charge in [-0.2, -0.15) is 0 Å². The summed E-state index contributed by atoms with van der Waals surface area (Å²) in [5, 5.41) is 7.66. The summed E-state index contributed by atoms with van der Waals surface area (Å²) < 4.78 is 111. The summed E-state index contributed by atoms with van der Waals surface area (Å²) in [5.41, 5.74) is -2.34. The van der Waals surface area contributed by atoms with Crippen LogP contribution < -0.4 is 30.5 Å². The van der Waals surface area contributed by atoms with Crippen molar-refractivity contribution in [3.05, 3.63) is 227 Å². The second-order valence-corrected chi connectivity index (χ2v) is 17.0. The number of benzene rings is 6. The van der Waals surface area contributed by atoms with Crippen molar-refractivity contribution in [1.29, 1.82) is 0 Å². The maximum atomic E-state index is 14.4. The molecule has 0 bridgehead atoms. The van der Waals surface area contributed by atoms with Gasteiger partial charge in [0.2, 0.25) is 16.3 Å². The quantitative estimate of drug-likeness (QED) is 0.0631. The van der Waals surface area contributed by atoms with Crippen molar-refractivity contribution in [3.8, 4) is 17.2 Å². The zero-order chi connectivity index (χ0) is 58.4. The van der Waals surface area contributed by atoms with Crippen LogP contribution in [0.5, 0.6) is 17.2 Å². The Morgan fingerprint density at radius 3 is 1.24 bits per heavy atom. The van der Waals surface area contributed by atoms with E-state index in [1.54, 1.807) is 69.5 Å². The molecule has 0 saturated carbocycles. The Hall–Kier alpha value is -9.37. The Morgan fingerprint density at radius 1 is 0.487 bits per heavy atom. The smallest absolute Gasteiger partial charge is 0.343 e. The van der Waals surface area contributed by atoms with Gasteiger partial charge < -0.3 is 42.9 Å². The molecule has 0 aliphatic heterocycles. The van der Waals surface area contributed by atoms with Gasteiger partial charge in [0.15, 0.2) is 0 Å². The molecule has 15 nitrogen and oxygen atoms in total. The van der Waals surface area contributed by atoms with Gasteiger partial charge in [-0.3, -0.25) is 14.4 Å². The third kappa shape index (κ3) is 13.8. The van der Waals surface area contributed by atoms with Crippen LogP contribution in [0.25, 0.3) is 32.7 Å². The van der Waals surface area contributed by atoms with E-state index in [1.165, 1.54) is 29.6 Å². The number of fused-ring (bicyclic) bond motifs is 3. The van der Waals surface area contributed by atoms with E-state index in [1.807, 2.05) is 24.3 Å². The van der Waals surface area contributed by atoms with Gasteiger partial charge in [0, 0.05) is 37.6 Å². The number of aromatic carboxylic acids is 1. The highest BCUT2D eigenvalue weighted by Gasteiger charge is 2.23. The number of pyridine rings is 3. The van der Waals surface area contributed by atoms with E-state index in [4.69, 9.17) is 30.5 Å². The molecule has 0 unspecified atom stereocenters. The second-order valence-electron chi connectivity index (χ2n) is 16.7. The van der Waals surface area contributed by atoms with E-state index >= 15 is 0 Å². The van der Waals surface area contributed by atoms with Crippen LogP contribution in [-0.2, 0) is 28.4 Å². The Balaban J connectivity index is 0.000000181. The molecule has 9 aromatic rings. The third-order valence-corrected chi connectivity index (χ3v) is 12.0. The van der Waals surface area contributed by atoms with Crippen molar-refractivity contribution in [3.63, 3.8) is 0 Å². The van der Waals surface area contributed by atoms with Gasteiger partial charge in [0.25, 0.3) is 0 Å². The average Bonchev–Trinajstić information content (AvgIpc) is 3.64. The highest BCUT2D eigenvalue weighted by atomic mass is 35.5. The zero-order valence-electron chi connectivity index (χ0n) is 43.1. The van der Waals surface area contributed by atoms with Gasteiger partial charge in [-0.05, 0) is 103 Å². The lowest BCUT2D eigenvalue weighted by atomic mass is 10.1. The minimum absolute atomic E-state index is 0.0560. The van der Waals surface area contributed by atoms with Gasteiger partial charge >= 0.3 is 17.9 Å². The number of halogens is 7. The summed E-state index contributed by atoms with van der Waals surface area (Å²) in [4.78, 5) is 73.9. The number of methoxy groups -OCH3 is 3. The summed E-state index contributed by atoms with van der Waals surface area (Å²) in [6.45, 7) is 3.49. The first-order valence-electron chi connectivity index (χ1n) is 23.8. The van der Waals surface area contributed by atoms with Crippen LogP contribution >= 0.6 is 11.6 Å². The van der Waals surface area contributed by atoms with Gasteiger partial charge in [0.1, 0.15) is 68.8 Å². The molecule has 2 N–H and O–H groups in total. The van der Waals surface area contributed by atoms with Crippen LogP contribution in [0.2, 0.25) is 0 Å². The fourth-order valence-corrected chi connectivity index (χ4v) is 8.03. The molecule has 80 heavy (non-hydrogen) atoms. The van der Waals surface area contributed by atoms with Crippen molar-refractivity contribution < 1.29 is 69.5 Å². The molecule has 0 aliphatic rings. The average molecular weight is 1130 g/mol. The van der Waals surface area contributed by atoms with Crippen LogP contribution in [0.4, 0.5) is 26.3 Å². The number of carboxylic acids is 1. The fraction of sp³-hybridized carbons (Fsp3) is 0.172. The first-order chi connectivity index (χ1) is 38.3. The van der Waals surface area contributed by atoms with Crippen LogP contribution in [0.1, 0.15) is 61.6 Å². The molecule has 22 heteroatoms. The summed E-state index contributed by atoms with van der Waals surface area (Å²) in [5.74, 6) is -5.63. The number of aromatic nitrogens is 3. The number of carboxylic acid groups (broad SMARTS) is 1. The number of hydrogen-bond acceptors (Lipinski definition) is 11. The topological polar surface area (TPSA) is 194 Å². The monoisotopic (exact) mass is 1130 g/mol. The SMILES string of the molecule is CCOC(=O)c1c[nH]c2c(F)ccc(F)c2c1=O.CCOC(=O)c1cn(Cc2ccc(OC)cc2)c2c(F)ccc(F)c2c1=O.COc1ccc(CCl)cc1.COc1ccc(Cn2cc(C(=O)O)c(=O)c3c(F)ccc(F)c32)cc1. The standard InChI is InChI=1S/C20H17F2NO4.C18H13F2NO4.C12H9F2NO3.C8H9ClO/c1-3-27-20(25)14-11-23(10-12-4-6-13(26-2)7-5-12)18-16(22)9-8-15(21)17(18)19(14)24;1-25-11-4-2-10(3-5-11)8-21-9-12(18(23)24)17(22)15-13(19)6-7-14(20)16(15)21;1-2-18-12(17)6-5-15-10-8(14)4-3-7(13)9(10)11(6)16;1-10-8-4-2-7(6-9)3-5-8/h4-9,11H,3,10H2,1-2H3;2-7,9H,8H2,1H3,(H,23,24);3-5H,2H2,1H3,(H,15,16);2-5H,6H2,1H3. The van der Waals surface area contributed by atoms with Gasteiger partial charge in [-0.25, -0.2) is 40.7 Å². The predicted octanol–water partition coefficient (Wildman–Crippen LogP) is 11.0. The number of aromatic amines is 1. The number of ether oxygens (including phenoxy) is 5. The van der Waals surface area contributed by atoms with Crippen LogP contribution in [-0.4, -0.2) is 71.7 Å². The predicted molar refractivity (Wildman–Crippen MR) is 286 cm³/mol. The molecule has 3 heterocycles. The van der Waals surface area contributed by atoms with Gasteiger partial charge in [0.05, 0.1) is 67.3 Å². The number of H-pyrrole nitrogens is 1. The van der Waals surface area contributed by atoms with Crippen molar-refractivity contribution in [2.24, 2.45) is 0 Å². The first-order valence-corrected chi connectivity index (χ1v) is 24.4. The van der Waals surface area contributed by atoms with Crippen LogP contribution in [0, 0.1) is 34.9 Å². The lowest BCUT2D eigenvalue weighted by Crippen LogP contribution is -2.22. The minimum Gasteiger partial charge on any atom is -0.497 e. The van der Waals surface area contributed by atoms with Crippen molar-refractivity contribution >= 4 is 62.2 Å². The summed E-state index contributed by atoms with van der Waals surface area (Å²) in [7, 11) is 4.70. The molecule has 0 fully saturated rings. The van der Waals surface area contributed by atoms with Crippen LogP contribution in [0.15, 0.2) is 142 Å². The third-order valence-electron chi connectivity index (χ3n) is 11.7. The molecular weight excluding hydrogens is 1080 g/mol. The number of carbonyl (C=O) groups excluding carboxylic acids is 2. The van der Waals surface area contributed by atoms with E-state index in [2.05, 4.69) is 9.72 Å². The number of esters is 2. The highest BCUT2D eigenvalue weighted by molar-refractivity contribution is 6.17. The summed E-state index contributed by atoms with van der Waals surface area (Å²) in [6.07, 6.45) is 3.25. The second kappa shape index (κ2) is 27.3. The van der Waals surface area contributed by atoms with Crippen LogP contribution in [0.3, 0.4) is 0 Å². The minimum atomic E-state index is -1.50. The number of hydrogen-bond donors (Lipinski definition) is 2. The van der Waals surface area contributed by atoms with Crippen molar-refractivity contribution in [1.82, 2.24) is 14.1 Å². The lowest BCUT2D eigenvalue weighted by molar-refractivity contribution is 0.0514. The number of alkyl halides is 1. The van der Waals surface area contributed by atoms with Gasteiger partial charge in [-0.1, -0.05) is 36.4 Å². The van der Waals surface area contributed by atoms with E-state index in [0.29, 0.717) is 22.9 Å². The molecule has 0 aliphatic carbocycles. The van der Waals surface area contributed by atoms with Crippen molar-refractivity contribution in [2.75, 3.05) is 34.5 Å². The molecule has 6 aromatic carbocycles. The van der Waals surface area contributed by atoms with E-state index in [9.17, 15) is 60.2 Å². The molecule has 3 aromatic heterocycles. The van der Waals surface area contributed by atoms with Crippen molar-refractivity contribution in [2.45, 2.75) is 32.8 Å². The largest absolute Gasteiger partial charge is 0.497 e. The van der Waals surface area contributed by atoms with E-state index < -0.39 is 90.8 Å². The van der Waals surface area contributed by atoms with Gasteiger partial charge in [-0.15, -0.1) is 11.6 Å². The zero-order valence-corrected chi connectivity index (χ0v) is 43.9. The lowest BCUT2D eigenvalue weighted by Gasteiger charge is -2.14. The Kier molecular flexibility index (Phi) is 20.4. The van der Waals surface area contributed by atoms with E-state index in [0.717, 1.165) is 65.7 Å². The molecule has 0 radical (unpaired) electrons. The number of nitrogens with zero attached hydrogens (tertiary/aromatic N) is 2. The molecule has 0 atom stereocenters. The molecule has 0 saturated heterocycles. The Morgan fingerprint density at radius 2 is 0.838 bits per heavy atom. The maximum absolute atomic E-state index is 14.4.